The summed E-state index contributed by atoms with van der Waals surface area (Å²) >= 11 is 5.84. The largest absolute Gasteiger partial charge is 0.479 e. The van der Waals surface area contributed by atoms with E-state index in [9.17, 15) is 9.59 Å². The number of carboxylic acid groups (broad SMARTS) is 1. The standard InChI is InChI=1S/C18H13ClO5/c1-10(18(21)22)23-13-6-7-14-15(9-13)24-16(17(14)20)8-11-2-4-12(19)5-3-11/h2-10H,1H3,(H,21,22)/b16-8-/t10-/m0/s1. The van der Waals surface area contributed by atoms with Gasteiger partial charge in [0.1, 0.15) is 11.5 Å². The molecule has 24 heavy (non-hydrogen) atoms. The molecule has 1 heterocycles. The summed E-state index contributed by atoms with van der Waals surface area (Å²) < 4.78 is 10.9. The number of aliphatic carboxylic acids is 1. The predicted molar refractivity (Wildman–Crippen MR) is 88.6 cm³/mol. The Kier molecular flexibility index (Phi) is 4.27. The fourth-order valence-electron chi connectivity index (χ4n) is 2.21. The van der Waals surface area contributed by atoms with Gasteiger partial charge in [0, 0.05) is 11.1 Å². The summed E-state index contributed by atoms with van der Waals surface area (Å²) in [6.07, 6.45) is 0.628. The summed E-state index contributed by atoms with van der Waals surface area (Å²) in [5.74, 6) is -0.455. The van der Waals surface area contributed by atoms with E-state index in [1.807, 2.05) is 0 Å². The Hall–Kier alpha value is -2.79. The molecule has 3 rings (SSSR count). The molecular weight excluding hydrogens is 332 g/mol. The fraction of sp³-hybridized carbons (Fsp3) is 0.111. The minimum absolute atomic E-state index is 0.191. The van der Waals surface area contributed by atoms with Crippen LogP contribution in [0.25, 0.3) is 6.08 Å². The molecule has 0 aliphatic carbocycles. The second kappa shape index (κ2) is 6.37. The predicted octanol–water partition coefficient (Wildman–Crippen LogP) is 3.81. The lowest BCUT2D eigenvalue weighted by atomic mass is 10.1. The van der Waals surface area contributed by atoms with Crippen molar-refractivity contribution in [2.45, 2.75) is 13.0 Å². The number of rotatable bonds is 4. The van der Waals surface area contributed by atoms with Gasteiger partial charge in [-0.3, -0.25) is 4.79 Å². The summed E-state index contributed by atoms with van der Waals surface area (Å²) in [7, 11) is 0. The van der Waals surface area contributed by atoms with E-state index in [1.165, 1.54) is 13.0 Å². The van der Waals surface area contributed by atoms with Crippen LogP contribution in [0.15, 0.2) is 48.2 Å². The number of carbonyl (C=O) groups is 2. The van der Waals surface area contributed by atoms with Crippen molar-refractivity contribution < 1.29 is 24.2 Å². The minimum Gasteiger partial charge on any atom is -0.479 e. The molecule has 2 aromatic rings. The van der Waals surface area contributed by atoms with Crippen LogP contribution in [0.5, 0.6) is 11.5 Å². The number of ketones is 1. The van der Waals surface area contributed by atoms with Gasteiger partial charge >= 0.3 is 5.97 Å². The van der Waals surface area contributed by atoms with E-state index in [0.717, 1.165) is 5.56 Å². The summed E-state index contributed by atoms with van der Waals surface area (Å²) in [5, 5.41) is 9.48. The minimum atomic E-state index is -1.07. The van der Waals surface area contributed by atoms with Gasteiger partial charge in [-0.2, -0.15) is 0 Å². The second-order valence-corrected chi connectivity index (χ2v) is 5.68. The first-order valence-electron chi connectivity index (χ1n) is 7.17. The SMILES string of the molecule is C[C@H](Oc1ccc2c(c1)O/C(=C\c1ccc(Cl)cc1)C2=O)C(=O)O. The van der Waals surface area contributed by atoms with Crippen LogP contribution < -0.4 is 9.47 Å². The van der Waals surface area contributed by atoms with E-state index in [4.69, 9.17) is 26.2 Å². The van der Waals surface area contributed by atoms with Crippen molar-refractivity contribution in [3.63, 3.8) is 0 Å². The first-order valence-corrected chi connectivity index (χ1v) is 7.55. The van der Waals surface area contributed by atoms with Crippen LogP contribution in [0.2, 0.25) is 5.02 Å². The zero-order chi connectivity index (χ0) is 17.3. The smallest absolute Gasteiger partial charge is 0.344 e. The molecule has 0 unspecified atom stereocenters. The number of ether oxygens (including phenoxy) is 2. The van der Waals surface area contributed by atoms with Crippen LogP contribution >= 0.6 is 11.6 Å². The van der Waals surface area contributed by atoms with Gasteiger partial charge in [-0.1, -0.05) is 23.7 Å². The van der Waals surface area contributed by atoms with Crippen molar-refractivity contribution in [2.24, 2.45) is 0 Å². The van der Waals surface area contributed by atoms with Crippen LogP contribution in [-0.2, 0) is 4.79 Å². The molecule has 0 spiro atoms. The molecule has 0 bridgehead atoms. The Morgan fingerprint density at radius 3 is 2.62 bits per heavy atom. The van der Waals surface area contributed by atoms with E-state index in [1.54, 1.807) is 42.5 Å². The van der Waals surface area contributed by atoms with E-state index >= 15 is 0 Å². The maximum atomic E-state index is 12.4. The van der Waals surface area contributed by atoms with Gasteiger partial charge < -0.3 is 14.6 Å². The average molecular weight is 345 g/mol. The van der Waals surface area contributed by atoms with Crippen molar-refractivity contribution in [2.75, 3.05) is 0 Å². The summed E-state index contributed by atoms with van der Waals surface area (Å²) in [5.41, 5.74) is 1.19. The lowest BCUT2D eigenvalue weighted by Crippen LogP contribution is -2.22. The zero-order valence-corrected chi connectivity index (χ0v) is 13.4. The van der Waals surface area contributed by atoms with E-state index in [-0.39, 0.29) is 11.5 Å². The fourth-order valence-corrected chi connectivity index (χ4v) is 2.33. The van der Waals surface area contributed by atoms with Crippen molar-refractivity contribution in [3.8, 4) is 11.5 Å². The van der Waals surface area contributed by atoms with Crippen LogP contribution in [0, 0.1) is 0 Å². The molecule has 1 atom stereocenters. The molecular formula is C18H13ClO5. The first-order chi connectivity index (χ1) is 11.4. The Morgan fingerprint density at radius 2 is 1.96 bits per heavy atom. The molecule has 122 valence electrons. The van der Waals surface area contributed by atoms with Gasteiger partial charge in [0.2, 0.25) is 5.78 Å². The molecule has 6 heteroatoms. The number of carbonyl (C=O) groups excluding carboxylic acids is 1. The lowest BCUT2D eigenvalue weighted by Gasteiger charge is -2.10. The van der Waals surface area contributed by atoms with Crippen molar-refractivity contribution in [3.05, 3.63) is 64.4 Å². The molecule has 1 aliphatic rings. The second-order valence-electron chi connectivity index (χ2n) is 5.25. The lowest BCUT2D eigenvalue weighted by molar-refractivity contribution is -0.144. The number of hydrogen-bond acceptors (Lipinski definition) is 4. The number of fused-ring (bicyclic) bond motifs is 1. The van der Waals surface area contributed by atoms with E-state index < -0.39 is 12.1 Å². The highest BCUT2D eigenvalue weighted by atomic mass is 35.5. The van der Waals surface area contributed by atoms with Gasteiger partial charge in [0.15, 0.2) is 11.9 Å². The van der Waals surface area contributed by atoms with Gasteiger partial charge in [-0.25, -0.2) is 4.79 Å². The third kappa shape index (κ3) is 3.26. The molecule has 0 saturated heterocycles. The maximum Gasteiger partial charge on any atom is 0.344 e. The molecule has 0 saturated carbocycles. The molecule has 5 nitrogen and oxygen atoms in total. The highest BCUT2D eigenvalue weighted by molar-refractivity contribution is 6.30. The van der Waals surface area contributed by atoms with Gasteiger partial charge in [0.25, 0.3) is 0 Å². The van der Waals surface area contributed by atoms with Crippen LogP contribution in [0.1, 0.15) is 22.8 Å². The van der Waals surface area contributed by atoms with Gasteiger partial charge in [-0.15, -0.1) is 0 Å². The average Bonchev–Trinajstić information content (AvgIpc) is 2.85. The molecule has 1 aliphatic heterocycles. The number of Topliss-reactive ketones (excluding diaryl/α,β-unsaturated/α-hetero) is 1. The molecule has 1 N–H and O–H groups in total. The number of hydrogen-bond donors (Lipinski definition) is 1. The Balaban J connectivity index is 1.84. The first kappa shape index (κ1) is 16.1. The summed E-state index contributed by atoms with van der Waals surface area (Å²) in [4.78, 5) is 23.2. The maximum absolute atomic E-state index is 12.4. The highest BCUT2D eigenvalue weighted by Gasteiger charge is 2.28. The van der Waals surface area contributed by atoms with Crippen LogP contribution in [0.3, 0.4) is 0 Å². The number of halogens is 1. The normalized spacial score (nSPS) is 15.8. The summed E-state index contributed by atoms with van der Waals surface area (Å²) in [6.45, 7) is 1.42. The zero-order valence-electron chi connectivity index (χ0n) is 12.7. The summed E-state index contributed by atoms with van der Waals surface area (Å²) in [6, 6.07) is 11.6. The quantitative estimate of drug-likeness (QED) is 0.854. The molecule has 0 aromatic heterocycles. The van der Waals surface area contributed by atoms with E-state index in [2.05, 4.69) is 0 Å². The Morgan fingerprint density at radius 1 is 1.25 bits per heavy atom. The van der Waals surface area contributed by atoms with Crippen LogP contribution in [0.4, 0.5) is 0 Å². The Bertz CT molecular complexity index is 839. The molecule has 0 fully saturated rings. The van der Waals surface area contributed by atoms with Crippen molar-refractivity contribution in [1.82, 2.24) is 0 Å². The molecule has 0 radical (unpaired) electrons. The topological polar surface area (TPSA) is 72.8 Å². The van der Waals surface area contributed by atoms with Crippen molar-refractivity contribution in [1.29, 1.82) is 0 Å². The van der Waals surface area contributed by atoms with Crippen molar-refractivity contribution >= 4 is 29.4 Å². The molecule has 2 aromatic carbocycles. The van der Waals surface area contributed by atoms with Gasteiger partial charge in [-0.05, 0) is 42.8 Å². The van der Waals surface area contributed by atoms with Crippen LogP contribution in [-0.4, -0.2) is 23.0 Å². The van der Waals surface area contributed by atoms with Gasteiger partial charge in [0.05, 0.1) is 5.56 Å². The third-order valence-corrected chi connectivity index (χ3v) is 3.72. The molecule has 0 amide bonds. The number of carboxylic acids is 1. The number of benzene rings is 2. The number of allylic oxidation sites excluding steroid dienone is 1. The third-order valence-electron chi connectivity index (χ3n) is 3.47. The highest BCUT2D eigenvalue weighted by Crippen LogP contribution is 2.35. The van der Waals surface area contributed by atoms with E-state index in [0.29, 0.717) is 22.1 Å². The monoisotopic (exact) mass is 344 g/mol. The Labute approximate surface area is 143 Å².